The number of hydrogen-bond donors (Lipinski definition) is 2. The first kappa shape index (κ1) is 19.5. The van der Waals surface area contributed by atoms with Crippen LogP contribution in [0.4, 0.5) is 5.69 Å². The minimum Gasteiger partial charge on any atom is -0.452 e. The maximum absolute atomic E-state index is 11.6. The third-order valence-electron chi connectivity index (χ3n) is 4.08. The van der Waals surface area contributed by atoms with Crippen LogP contribution in [0.15, 0.2) is 30.3 Å². The lowest BCUT2D eigenvalue weighted by Crippen LogP contribution is -2.35. The van der Waals surface area contributed by atoms with Crippen molar-refractivity contribution in [2.24, 2.45) is 5.73 Å². The molecule has 26 heavy (non-hydrogen) atoms. The summed E-state index contributed by atoms with van der Waals surface area (Å²) in [4.78, 5) is 35.9. The highest BCUT2D eigenvalue weighted by Crippen LogP contribution is 2.20. The fourth-order valence-electron chi connectivity index (χ4n) is 2.71. The zero-order valence-corrected chi connectivity index (χ0v) is 14.8. The number of benzene rings is 1. The largest absolute Gasteiger partial charge is 0.452 e. The first-order chi connectivity index (χ1) is 12.5. The fourth-order valence-corrected chi connectivity index (χ4v) is 2.71. The predicted molar refractivity (Wildman–Crippen MR) is 99.3 cm³/mol. The van der Waals surface area contributed by atoms with E-state index in [1.54, 1.807) is 6.08 Å². The van der Waals surface area contributed by atoms with Crippen molar-refractivity contribution in [3.05, 3.63) is 35.9 Å². The van der Waals surface area contributed by atoms with Gasteiger partial charge in [-0.2, -0.15) is 0 Å². The molecule has 1 fully saturated rings. The van der Waals surface area contributed by atoms with E-state index in [1.807, 2.05) is 24.3 Å². The van der Waals surface area contributed by atoms with Crippen LogP contribution in [-0.4, -0.2) is 44.0 Å². The molecule has 1 aromatic carbocycles. The quantitative estimate of drug-likeness (QED) is 0.563. The molecule has 0 spiro atoms. The summed E-state index contributed by atoms with van der Waals surface area (Å²) in [6.45, 7) is 1.43. The molecular formula is C19H25N3O4. The van der Waals surface area contributed by atoms with Crippen molar-refractivity contribution in [1.29, 1.82) is 0 Å². The van der Waals surface area contributed by atoms with Gasteiger partial charge in [0, 0.05) is 24.9 Å². The molecule has 140 valence electrons. The molecule has 1 heterocycles. The van der Waals surface area contributed by atoms with Crippen molar-refractivity contribution >= 4 is 29.5 Å². The van der Waals surface area contributed by atoms with Crippen molar-refractivity contribution in [1.82, 2.24) is 5.32 Å². The molecule has 7 heteroatoms. The Morgan fingerprint density at radius 3 is 2.35 bits per heavy atom. The first-order valence-electron chi connectivity index (χ1n) is 8.79. The van der Waals surface area contributed by atoms with Crippen molar-refractivity contribution < 1.29 is 19.1 Å². The summed E-state index contributed by atoms with van der Waals surface area (Å²) in [7, 11) is 0. The molecule has 7 nitrogen and oxygen atoms in total. The number of carbonyl (C=O) groups is 3. The second-order valence-corrected chi connectivity index (χ2v) is 6.18. The number of amides is 2. The van der Waals surface area contributed by atoms with Crippen LogP contribution in [0.2, 0.25) is 0 Å². The van der Waals surface area contributed by atoms with Gasteiger partial charge in [-0.25, -0.2) is 4.79 Å². The summed E-state index contributed by atoms with van der Waals surface area (Å²) in [5.74, 6) is -1.86. The zero-order chi connectivity index (χ0) is 18.8. The number of anilines is 1. The molecule has 0 radical (unpaired) electrons. The maximum Gasteiger partial charge on any atom is 0.331 e. The van der Waals surface area contributed by atoms with Gasteiger partial charge in [-0.3, -0.25) is 9.59 Å². The SMILES string of the molecule is NC(=O)CNC(=O)COC(=O)/C=C/c1ccc(N2CCCCCC2)cc1. The number of esters is 1. The summed E-state index contributed by atoms with van der Waals surface area (Å²) in [5.41, 5.74) is 6.97. The van der Waals surface area contributed by atoms with E-state index in [4.69, 9.17) is 10.5 Å². The van der Waals surface area contributed by atoms with E-state index >= 15 is 0 Å². The van der Waals surface area contributed by atoms with Crippen LogP contribution in [0.1, 0.15) is 31.2 Å². The van der Waals surface area contributed by atoms with E-state index in [2.05, 4.69) is 10.2 Å². The van der Waals surface area contributed by atoms with Crippen LogP contribution in [0.25, 0.3) is 6.08 Å². The number of ether oxygens (including phenoxy) is 1. The number of carbonyl (C=O) groups excluding carboxylic acids is 3. The minimum atomic E-state index is -0.659. The van der Waals surface area contributed by atoms with Gasteiger partial charge in [0.2, 0.25) is 5.91 Å². The van der Waals surface area contributed by atoms with E-state index in [9.17, 15) is 14.4 Å². The normalized spacial score (nSPS) is 14.7. The van der Waals surface area contributed by atoms with E-state index in [0.29, 0.717) is 0 Å². The van der Waals surface area contributed by atoms with Gasteiger partial charge < -0.3 is 20.7 Å². The molecule has 1 aliphatic rings. The molecular weight excluding hydrogens is 334 g/mol. The van der Waals surface area contributed by atoms with Crippen LogP contribution in [0, 0.1) is 0 Å². The highest BCUT2D eigenvalue weighted by molar-refractivity contribution is 5.90. The van der Waals surface area contributed by atoms with Crippen LogP contribution >= 0.6 is 0 Å². The first-order valence-corrected chi connectivity index (χ1v) is 8.79. The van der Waals surface area contributed by atoms with E-state index in [1.165, 1.54) is 37.4 Å². The average Bonchev–Trinajstić information content (AvgIpc) is 2.93. The number of primary amides is 1. The third-order valence-corrected chi connectivity index (χ3v) is 4.08. The summed E-state index contributed by atoms with van der Waals surface area (Å²) in [6.07, 6.45) is 7.93. The van der Waals surface area contributed by atoms with Gasteiger partial charge in [0.25, 0.3) is 5.91 Å². The minimum absolute atomic E-state index is 0.282. The summed E-state index contributed by atoms with van der Waals surface area (Å²) in [5, 5.41) is 2.23. The second-order valence-electron chi connectivity index (χ2n) is 6.18. The Kier molecular flexibility index (Phi) is 7.67. The van der Waals surface area contributed by atoms with Gasteiger partial charge in [0.05, 0.1) is 6.54 Å². The monoisotopic (exact) mass is 359 g/mol. The van der Waals surface area contributed by atoms with Gasteiger partial charge in [0.15, 0.2) is 6.61 Å². The zero-order valence-electron chi connectivity index (χ0n) is 14.8. The summed E-state index contributed by atoms with van der Waals surface area (Å²) in [6, 6.07) is 7.99. The van der Waals surface area contributed by atoms with Crippen molar-refractivity contribution in [2.45, 2.75) is 25.7 Å². The molecule has 0 aliphatic carbocycles. The fraction of sp³-hybridized carbons (Fsp3) is 0.421. The van der Waals surface area contributed by atoms with Crippen LogP contribution in [0.3, 0.4) is 0 Å². The van der Waals surface area contributed by atoms with Gasteiger partial charge in [-0.15, -0.1) is 0 Å². The molecule has 1 aromatic rings. The number of rotatable bonds is 7. The van der Waals surface area contributed by atoms with Crippen LogP contribution < -0.4 is 16.0 Å². The Labute approximate surface area is 153 Å². The molecule has 2 rings (SSSR count). The molecule has 0 unspecified atom stereocenters. The summed E-state index contributed by atoms with van der Waals surface area (Å²) >= 11 is 0. The smallest absolute Gasteiger partial charge is 0.331 e. The lowest BCUT2D eigenvalue weighted by molar-refractivity contribution is -0.143. The molecule has 3 N–H and O–H groups in total. The van der Waals surface area contributed by atoms with Gasteiger partial charge in [-0.1, -0.05) is 25.0 Å². The highest BCUT2D eigenvalue weighted by atomic mass is 16.5. The Morgan fingerprint density at radius 1 is 1.08 bits per heavy atom. The van der Waals surface area contributed by atoms with Crippen LogP contribution in [0.5, 0.6) is 0 Å². The van der Waals surface area contributed by atoms with Gasteiger partial charge in [-0.05, 0) is 36.6 Å². The Morgan fingerprint density at radius 2 is 1.73 bits per heavy atom. The lowest BCUT2D eigenvalue weighted by atomic mass is 10.1. The maximum atomic E-state index is 11.6. The number of hydrogen-bond acceptors (Lipinski definition) is 5. The molecule has 1 aliphatic heterocycles. The van der Waals surface area contributed by atoms with Crippen molar-refractivity contribution in [3.8, 4) is 0 Å². The van der Waals surface area contributed by atoms with E-state index < -0.39 is 24.4 Å². The molecule has 0 saturated carbocycles. The standard InChI is InChI=1S/C19H25N3O4/c20-17(23)13-21-18(24)14-26-19(25)10-7-15-5-8-16(9-6-15)22-11-3-1-2-4-12-22/h5-10H,1-4,11-14H2,(H2,20,23)(H,21,24)/b10-7+. The van der Waals surface area contributed by atoms with Crippen molar-refractivity contribution in [3.63, 3.8) is 0 Å². The lowest BCUT2D eigenvalue weighted by Gasteiger charge is -2.22. The Balaban J connectivity index is 1.79. The molecule has 0 bridgehead atoms. The van der Waals surface area contributed by atoms with Gasteiger partial charge >= 0.3 is 5.97 Å². The predicted octanol–water partition coefficient (Wildman–Crippen LogP) is 1.22. The second kappa shape index (κ2) is 10.2. The molecule has 0 aromatic heterocycles. The number of nitrogens with one attached hydrogen (secondary N) is 1. The Bertz CT molecular complexity index is 647. The third kappa shape index (κ3) is 6.96. The topological polar surface area (TPSA) is 102 Å². The molecule has 2 amide bonds. The van der Waals surface area contributed by atoms with Gasteiger partial charge in [0.1, 0.15) is 0 Å². The average molecular weight is 359 g/mol. The van der Waals surface area contributed by atoms with E-state index in [-0.39, 0.29) is 6.54 Å². The van der Waals surface area contributed by atoms with E-state index in [0.717, 1.165) is 18.7 Å². The number of nitrogens with zero attached hydrogens (tertiary/aromatic N) is 1. The van der Waals surface area contributed by atoms with Crippen molar-refractivity contribution in [2.75, 3.05) is 31.1 Å². The number of nitrogens with two attached hydrogens (primary N) is 1. The molecule has 0 atom stereocenters. The molecule has 1 saturated heterocycles. The van der Waals surface area contributed by atoms with Crippen LogP contribution in [-0.2, 0) is 19.1 Å². The Hall–Kier alpha value is -2.83. The highest BCUT2D eigenvalue weighted by Gasteiger charge is 2.09. The summed E-state index contributed by atoms with van der Waals surface area (Å²) < 4.78 is 4.79.